The first-order valence-electron chi connectivity index (χ1n) is 6.59. The Morgan fingerprint density at radius 3 is 2.45 bits per heavy atom. The van der Waals surface area contributed by atoms with Gasteiger partial charge in [0.25, 0.3) is 5.91 Å². The van der Waals surface area contributed by atoms with E-state index in [-0.39, 0.29) is 11.9 Å². The summed E-state index contributed by atoms with van der Waals surface area (Å²) in [6, 6.07) is 9.13. The van der Waals surface area contributed by atoms with E-state index in [1.807, 2.05) is 30.3 Å². The highest BCUT2D eigenvalue weighted by Gasteiger charge is 2.41. The van der Waals surface area contributed by atoms with Gasteiger partial charge in [-0.15, -0.1) is 0 Å². The SMILES string of the molecule is C=C1CC(c2ccccc2)N(C(=O)OC(C)(C)C)C1=O. The van der Waals surface area contributed by atoms with Crippen molar-refractivity contribution in [3.63, 3.8) is 0 Å². The molecular weight excluding hydrogens is 254 g/mol. The Kier molecular flexibility index (Phi) is 3.66. The summed E-state index contributed by atoms with van der Waals surface area (Å²) in [5.41, 5.74) is 0.706. The third kappa shape index (κ3) is 2.90. The lowest BCUT2D eigenvalue weighted by Gasteiger charge is -2.27. The molecule has 1 aromatic carbocycles. The van der Waals surface area contributed by atoms with Crippen molar-refractivity contribution in [2.24, 2.45) is 0 Å². The van der Waals surface area contributed by atoms with E-state index in [1.165, 1.54) is 4.90 Å². The van der Waals surface area contributed by atoms with Gasteiger partial charge in [-0.3, -0.25) is 4.79 Å². The minimum atomic E-state index is -0.636. The third-order valence-electron chi connectivity index (χ3n) is 3.05. The van der Waals surface area contributed by atoms with Gasteiger partial charge in [-0.2, -0.15) is 0 Å². The molecule has 1 saturated heterocycles. The largest absolute Gasteiger partial charge is 0.443 e. The van der Waals surface area contributed by atoms with Gasteiger partial charge in [0.1, 0.15) is 5.60 Å². The molecule has 0 N–H and O–H groups in total. The van der Waals surface area contributed by atoms with Crippen LogP contribution in [0.3, 0.4) is 0 Å². The molecule has 0 aromatic heterocycles. The first kappa shape index (κ1) is 14.3. The van der Waals surface area contributed by atoms with Crippen molar-refractivity contribution in [3.05, 3.63) is 48.0 Å². The number of hydrogen-bond donors (Lipinski definition) is 0. The lowest BCUT2D eigenvalue weighted by Crippen LogP contribution is -2.39. The van der Waals surface area contributed by atoms with Crippen molar-refractivity contribution >= 4 is 12.0 Å². The second-order valence-corrected chi connectivity index (χ2v) is 5.89. The van der Waals surface area contributed by atoms with Crippen molar-refractivity contribution in [1.82, 2.24) is 4.90 Å². The van der Waals surface area contributed by atoms with E-state index in [0.717, 1.165) is 5.56 Å². The highest BCUT2D eigenvalue weighted by Crippen LogP contribution is 2.36. The molecule has 20 heavy (non-hydrogen) atoms. The molecule has 2 rings (SSSR count). The molecule has 2 amide bonds. The molecule has 1 unspecified atom stereocenters. The number of rotatable bonds is 1. The van der Waals surface area contributed by atoms with Crippen LogP contribution in [0.5, 0.6) is 0 Å². The van der Waals surface area contributed by atoms with Gasteiger partial charge in [-0.05, 0) is 26.3 Å². The summed E-state index contributed by atoms with van der Waals surface area (Å²) in [5, 5.41) is 0. The number of amides is 2. The van der Waals surface area contributed by atoms with Crippen molar-refractivity contribution in [1.29, 1.82) is 0 Å². The highest BCUT2D eigenvalue weighted by molar-refractivity contribution is 6.04. The topological polar surface area (TPSA) is 46.6 Å². The zero-order valence-electron chi connectivity index (χ0n) is 12.1. The molecule has 1 aliphatic heterocycles. The monoisotopic (exact) mass is 273 g/mol. The lowest BCUT2D eigenvalue weighted by molar-refractivity contribution is -0.125. The van der Waals surface area contributed by atoms with E-state index >= 15 is 0 Å². The number of carbonyl (C=O) groups excluding carboxylic acids is 2. The molecule has 0 spiro atoms. The summed E-state index contributed by atoms with van der Waals surface area (Å²) >= 11 is 0. The van der Waals surface area contributed by atoms with Gasteiger partial charge < -0.3 is 4.74 Å². The predicted molar refractivity (Wildman–Crippen MR) is 76.0 cm³/mol. The molecule has 1 heterocycles. The zero-order chi connectivity index (χ0) is 14.9. The predicted octanol–water partition coefficient (Wildman–Crippen LogP) is 3.45. The summed E-state index contributed by atoms with van der Waals surface area (Å²) in [6.45, 7) is 9.07. The number of likely N-dealkylation sites (tertiary alicyclic amines) is 1. The molecule has 0 saturated carbocycles. The van der Waals surface area contributed by atoms with E-state index < -0.39 is 11.7 Å². The molecule has 1 aliphatic rings. The average Bonchev–Trinajstić information content (AvgIpc) is 2.65. The minimum absolute atomic E-state index is 0.328. The summed E-state index contributed by atoms with van der Waals surface area (Å²) in [6.07, 6.45) is -0.169. The van der Waals surface area contributed by atoms with Crippen LogP contribution in [0.25, 0.3) is 0 Å². The van der Waals surface area contributed by atoms with Gasteiger partial charge in [-0.25, -0.2) is 9.69 Å². The third-order valence-corrected chi connectivity index (χ3v) is 3.05. The molecule has 0 radical (unpaired) electrons. The molecule has 4 heteroatoms. The van der Waals surface area contributed by atoms with Crippen LogP contribution >= 0.6 is 0 Å². The Balaban J connectivity index is 2.30. The summed E-state index contributed by atoms with van der Waals surface area (Å²) in [7, 11) is 0. The Bertz CT molecular complexity index is 543. The Morgan fingerprint density at radius 1 is 1.30 bits per heavy atom. The summed E-state index contributed by atoms with van der Waals surface area (Å²) < 4.78 is 5.32. The van der Waals surface area contributed by atoms with Crippen LogP contribution in [0.15, 0.2) is 42.5 Å². The van der Waals surface area contributed by atoms with E-state index in [9.17, 15) is 9.59 Å². The van der Waals surface area contributed by atoms with Gasteiger partial charge in [-0.1, -0.05) is 36.9 Å². The standard InChI is InChI=1S/C16H19NO3/c1-11-10-13(12-8-6-5-7-9-12)17(14(11)18)15(19)20-16(2,3)4/h5-9,13H,1,10H2,2-4H3. The van der Waals surface area contributed by atoms with Gasteiger partial charge >= 0.3 is 6.09 Å². The highest BCUT2D eigenvalue weighted by atomic mass is 16.6. The molecule has 106 valence electrons. The van der Waals surface area contributed by atoms with Crippen LogP contribution in [-0.4, -0.2) is 22.5 Å². The fourth-order valence-corrected chi connectivity index (χ4v) is 2.19. The normalized spacial score (nSPS) is 19.4. The van der Waals surface area contributed by atoms with Crippen molar-refractivity contribution in [3.8, 4) is 0 Å². The van der Waals surface area contributed by atoms with Gasteiger partial charge in [0.2, 0.25) is 0 Å². The maximum Gasteiger partial charge on any atom is 0.417 e. The number of nitrogens with zero attached hydrogens (tertiary/aromatic N) is 1. The summed E-state index contributed by atoms with van der Waals surface area (Å²) in [4.78, 5) is 25.6. The molecule has 1 fully saturated rings. The Labute approximate surface area is 119 Å². The smallest absolute Gasteiger partial charge is 0.417 e. The van der Waals surface area contributed by atoms with Crippen LogP contribution in [0.1, 0.15) is 38.8 Å². The van der Waals surface area contributed by atoms with Crippen molar-refractivity contribution in [2.75, 3.05) is 0 Å². The zero-order valence-corrected chi connectivity index (χ0v) is 12.1. The molecule has 0 bridgehead atoms. The van der Waals surface area contributed by atoms with Crippen LogP contribution in [0.2, 0.25) is 0 Å². The number of imide groups is 1. The molecular formula is C16H19NO3. The number of benzene rings is 1. The van der Waals surface area contributed by atoms with Gasteiger partial charge in [0.05, 0.1) is 6.04 Å². The number of ether oxygens (including phenoxy) is 1. The average molecular weight is 273 g/mol. The summed E-state index contributed by atoms with van der Waals surface area (Å²) in [5.74, 6) is -0.354. The van der Waals surface area contributed by atoms with E-state index in [1.54, 1.807) is 20.8 Å². The van der Waals surface area contributed by atoms with E-state index in [2.05, 4.69) is 6.58 Å². The van der Waals surface area contributed by atoms with Gasteiger partial charge in [0, 0.05) is 12.0 Å². The van der Waals surface area contributed by atoms with Crippen LogP contribution < -0.4 is 0 Å². The molecule has 4 nitrogen and oxygen atoms in total. The van der Waals surface area contributed by atoms with Crippen LogP contribution in [0, 0.1) is 0 Å². The van der Waals surface area contributed by atoms with Crippen LogP contribution in [-0.2, 0) is 9.53 Å². The fourth-order valence-electron chi connectivity index (χ4n) is 2.19. The minimum Gasteiger partial charge on any atom is -0.443 e. The van der Waals surface area contributed by atoms with Crippen molar-refractivity contribution in [2.45, 2.75) is 38.8 Å². The van der Waals surface area contributed by atoms with E-state index in [4.69, 9.17) is 4.74 Å². The van der Waals surface area contributed by atoms with Gasteiger partial charge in [0.15, 0.2) is 0 Å². The first-order valence-corrected chi connectivity index (χ1v) is 6.59. The molecule has 1 aromatic rings. The van der Waals surface area contributed by atoms with Crippen LogP contribution in [0.4, 0.5) is 4.79 Å². The maximum absolute atomic E-state index is 12.2. The van der Waals surface area contributed by atoms with E-state index in [0.29, 0.717) is 12.0 Å². The number of hydrogen-bond acceptors (Lipinski definition) is 3. The lowest BCUT2D eigenvalue weighted by atomic mass is 10.0. The molecule has 1 atom stereocenters. The maximum atomic E-state index is 12.2. The fraction of sp³-hybridized carbons (Fsp3) is 0.375. The quantitative estimate of drug-likeness (QED) is 0.736. The Morgan fingerprint density at radius 2 is 1.90 bits per heavy atom. The number of carbonyl (C=O) groups is 2. The molecule has 0 aliphatic carbocycles. The second kappa shape index (κ2) is 5.12. The van der Waals surface area contributed by atoms with Crippen molar-refractivity contribution < 1.29 is 14.3 Å². The Hall–Kier alpha value is -2.10. The second-order valence-electron chi connectivity index (χ2n) is 5.89. The first-order chi connectivity index (χ1) is 9.29.